The van der Waals surface area contributed by atoms with Crippen LogP contribution in [0.15, 0.2) is 0 Å². The number of carbonyl (C=O) groups is 2. The molecule has 2 saturated heterocycles. The molecular formula is C10H18ClN3O2. The minimum absolute atomic E-state index is 0. The molecule has 2 rings (SSSR count). The number of carbonyl (C=O) groups excluding carboxylic acids is 2. The Bertz CT molecular complexity index is 296. The van der Waals surface area contributed by atoms with Crippen molar-refractivity contribution in [1.82, 2.24) is 10.2 Å². The van der Waals surface area contributed by atoms with E-state index in [1.165, 1.54) is 0 Å². The first-order valence-corrected chi connectivity index (χ1v) is 5.44. The summed E-state index contributed by atoms with van der Waals surface area (Å²) in [7, 11) is 0. The second-order valence-corrected chi connectivity index (χ2v) is 4.43. The Kier molecular flexibility index (Phi) is 4.15. The largest absolute Gasteiger partial charge is 0.354 e. The van der Waals surface area contributed by atoms with Gasteiger partial charge < -0.3 is 16.0 Å². The lowest BCUT2D eigenvalue weighted by atomic mass is 10.1. The van der Waals surface area contributed by atoms with Crippen LogP contribution in [0.2, 0.25) is 0 Å². The molecule has 16 heavy (non-hydrogen) atoms. The molecule has 92 valence electrons. The standard InChI is InChI=1S/C10H17N3O2.ClH/c1-6(11)10(15)13-7-2-3-8(13)5-12-9(14)4-7;/h6-8H,2-5,11H2,1H3,(H,12,14);1H/t6-,7?,8?;/m0./s1. The lowest BCUT2D eigenvalue weighted by Crippen LogP contribution is -2.49. The fraction of sp³-hybridized carbons (Fsp3) is 0.800. The van der Waals surface area contributed by atoms with Gasteiger partial charge in [0.1, 0.15) is 0 Å². The van der Waals surface area contributed by atoms with E-state index < -0.39 is 6.04 Å². The van der Waals surface area contributed by atoms with Gasteiger partial charge in [-0.1, -0.05) is 0 Å². The summed E-state index contributed by atoms with van der Waals surface area (Å²) in [5.41, 5.74) is 5.61. The van der Waals surface area contributed by atoms with E-state index in [0.29, 0.717) is 13.0 Å². The summed E-state index contributed by atoms with van der Waals surface area (Å²) in [5.74, 6) is 0.0173. The molecule has 0 aromatic carbocycles. The lowest BCUT2D eigenvalue weighted by molar-refractivity contribution is -0.134. The van der Waals surface area contributed by atoms with E-state index in [-0.39, 0.29) is 36.3 Å². The second kappa shape index (κ2) is 5.01. The van der Waals surface area contributed by atoms with Crippen molar-refractivity contribution in [3.63, 3.8) is 0 Å². The molecule has 0 aromatic heterocycles. The summed E-state index contributed by atoms with van der Waals surface area (Å²) in [6, 6.07) is -0.253. The molecule has 0 aliphatic carbocycles. The molecule has 0 spiro atoms. The number of rotatable bonds is 1. The van der Waals surface area contributed by atoms with Crippen LogP contribution in [0.3, 0.4) is 0 Å². The molecule has 5 nitrogen and oxygen atoms in total. The zero-order valence-corrected chi connectivity index (χ0v) is 10.1. The fourth-order valence-electron chi connectivity index (χ4n) is 2.47. The molecule has 2 fully saturated rings. The number of hydrogen-bond acceptors (Lipinski definition) is 3. The average molecular weight is 248 g/mol. The third-order valence-corrected chi connectivity index (χ3v) is 3.22. The van der Waals surface area contributed by atoms with Crippen molar-refractivity contribution < 1.29 is 9.59 Å². The zero-order valence-electron chi connectivity index (χ0n) is 9.31. The van der Waals surface area contributed by atoms with Gasteiger partial charge >= 0.3 is 0 Å². The first kappa shape index (κ1) is 13.3. The topological polar surface area (TPSA) is 75.4 Å². The zero-order chi connectivity index (χ0) is 11.0. The number of nitrogens with one attached hydrogen (secondary N) is 1. The minimum atomic E-state index is -0.471. The molecular weight excluding hydrogens is 230 g/mol. The van der Waals surface area contributed by atoms with Crippen LogP contribution in [0, 0.1) is 0 Å². The predicted molar refractivity (Wildman–Crippen MR) is 62.2 cm³/mol. The molecule has 6 heteroatoms. The Morgan fingerprint density at radius 3 is 2.75 bits per heavy atom. The Labute approximate surface area is 101 Å². The van der Waals surface area contributed by atoms with Crippen molar-refractivity contribution in [1.29, 1.82) is 0 Å². The van der Waals surface area contributed by atoms with Crippen LogP contribution >= 0.6 is 12.4 Å². The molecule has 0 saturated carbocycles. The van der Waals surface area contributed by atoms with Gasteiger partial charge in [0.05, 0.1) is 6.04 Å². The summed E-state index contributed by atoms with van der Waals surface area (Å²) >= 11 is 0. The van der Waals surface area contributed by atoms with E-state index in [1.807, 2.05) is 4.90 Å². The highest BCUT2D eigenvalue weighted by molar-refractivity contribution is 5.85. The molecule has 0 radical (unpaired) electrons. The van der Waals surface area contributed by atoms with Gasteiger partial charge in [-0.2, -0.15) is 0 Å². The summed E-state index contributed by atoms with van der Waals surface area (Å²) in [6.45, 7) is 2.27. The molecule has 2 aliphatic heterocycles. The van der Waals surface area contributed by atoms with E-state index in [1.54, 1.807) is 6.92 Å². The molecule has 0 aromatic rings. The van der Waals surface area contributed by atoms with Crippen molar-refractivity contribution in [2.24, 2.45) is 5.73 Å². The predicted octanol–water partition coefficient (Wildman–Crippen LogP) is -0.365. The molecule has 2 heterocycles. The minimum Gasteiger partial charge on any atom is -0.354 e. The average Bonchev–Trinajstić information content (AvgIpc) is 2.47. The number of hydrogen-bond donors (Lipinski definition) is 2. The molecule has 2 aliphatic rings. The SMILES string of the molecule is C[C@H](N)C(=O)N1C2CCC1CC(=O)NC2.Cl. The molecule has 2 unspecified atom stereocenters. The van der Waals surface area contributed by atoms with E-state index in [4.69, 9.17) is 5.73 Å². The fourth-order valence-corrected chi connectivity index (χ4v) is 2.47. The van der Waals surface area contributed by atoms with Gasteiger partial charge in [0.2, 0.25) is 11.8 Å². The Morgan fingerprint density at radius 2 is 2.12 bits per heavy atom. The second-order valence-electron chi connectivity index (χ2n) is 4.43. The summed E-state index contributed by atoms with van der Waals surface area (Å²) < 4.78 is 0. The van der Waals surface area contributed by atoms with E-state index in [2.05, 4.69) is 5.32 Å². The summed E-state index contributed by atoms with van der Waals surface area (Å²) in [4.78, 5) is 25.0. The number of fused-ring (bicyclic) bond motifs is 2. The van der Waals surface area contributed by atoms with Gasteiger partial charge in [0.25, 0.3) is 0 Å². The third kappa shape index (κ3) is 2.30. The van der Waals surface area contributed by atoms with Gasteiger partial charge in [-0.15, -0.1) is 12.4 Å². The Morgan fingerprint density at radius 1 is 1.50 bits per heavy atom. The van der Waals surface area contributed by atoms with Crippen molar-refractivity contribution in [2.45, 2.75) is 44.3 Å². The van der Waals surface area contributed by atoms with Gasteiger partial charge in [0.15, 0.2) is 0 Å². The smallest absolute Gasteiger partial charge is 0.239 e. The van der Waals surface area contributed by atoms with Crippen LogP contribution in [-0.2, 0) is 9.59 Å². The van der Waals surface area contributed by atoms with Crippen LogP contribution < -0.4 is 11.1 Å². The summed E-state index contributed by atoms with van der Waals surface area (Å²) in [5, 5.41) is 2.83. The maximum atomic E-state index is 11.9. The van der Waals surface area contributed by atoms with Crippen LogP contribution in [0.1, 0.15) is 26.2 Å². The normalized spacial score (nSPS) is 30.1. The lowest BCUT2D eigenvalue weighted by Gasteiger charge is -2.28. The highest BCUT2D eigenvalue weighted by Gasteiger charge is 2.40. The maximum absolute atomic E-state index is 11.9. The van der Waals surface area contributed by atoms with Gasteiger partial charge in [-0.25, -0.2) is 0 Å². The van der Waals surface area contributed by atoms with Crippen molar-refractivity contribution in [3.05, 3.63) is 0 Å². The number of amides is 2. The number of nitrogens with two attached hydrogens (primary N) is 1. The summed E-state index contributed by atoms with van der Waals surface area (Å²) in [6.07, 6.45) is 2.33. The van der Waals surface area contributed by atoms with Crippen molar-refractivity contribution in [2.75, 3.05) is 6.54 Å². The van der Waals surface area contributed by atoms with Crippen molar-refractivity contribution in [3.8, 4) is 0 Å². The van der Waals surface area contributed by atoms with Crippen LogP contribution in [0.25, 0.3) is 0 Å². The van der Waals surface area contributed by atoms with Crippen LogP contribution in [0.5, 0.6) is 0 Å². The Hall–Kier alpha value is -0.810. The molecule has 2 amide bonds. The monoisotopic (exact) mass is 247 g/mol. The third-order valence-electron chi connectivity index (χ3n) is 3.22. The van der Waals surface area contributed by atoms with Gasteiger partial charge in [0, 0.05) is 25.0 Å². The number of nitrogens with zero attached hydrogens (tertiary/aromatic N) is 1. The van der Waals surface area contributed by atoms with Crippen molar-refractivity contribution >= 4 is 24.2 Å². The van der Waals surface area contributed by atoms with E-state index in [0.717, 1.165) is 12.8 Å². The molecule has 3 N–H and O–H groups in total. The van der Waals surface area contributed by atoms with E-state index >= 15 is 0 Å². The first-order chi connectivity index (χ1) is 7.09. The van der Waals surface area contributed by atoms with Crippen LogP contribution in [0.4, 0.5) is 0 Å². The highest BCUT2D eigenvalue weighted by atomic mass is 35.5. The van der Waals surface area contributed by atoms with E-state index in [9.17, 15) is 9.59 Å². The van der Waals surface area contributed by atoms with Gasteiger partial charge in [-0.05, 0) is 19.8 Å². The molecule has 3 atom stereocenters. The number of halogens is 1. The maximum Gasteiger partial charge on any atom is 0.239 e. The van der Waals surface area contributed by atoms with Crippen LogP contribution in [-0.4, -0.2) is 41.4 Å². The highest BCUT2D eigenvalue weighted by Crippen LogP contribution is 2.28. The van der Waals surface area contributed by atoms with Gasteiger partial charge in [-0.3, -0.25) is 9.59 Å². The Balaban J connectivity index is 0.00000128. The first-order valence-electron chi connectivity index (χ1n) is 5.44. The quantitative estimate of drug-likeness (QED) is 0.664. The molecule has 2 bridgehead atoms.